The maximum atomic E-state index is 12.8. The van der Waals surface area contributed by atoms with E-state index in [0.717, 1.165) is 31.6 Å². The van der Waals surface area contributed by atoms with Gasteiger partial charge in [0.2, 0.25) is 0 Å². The van der Waals surface area contributed by atoms with Gasteiger partial charge in [0.15, 0.2) is 11.2 Å². The third-order valence-corrected chi connectivity index (χ3v) is 5.22. The first-order valence-corrected chi connectivity index (χ1v) is 9.55. The Labute approximate surface area is 175 Å². The zero-order chi connectivity index (χ0) is 19.5. The molecule has 1 saturated heterocycles. The molecule has 0 aliphatic carbocycles. The molecule has 7 heteroatoms. The van der Waals surface area contributed by atoms with Crippen molar-refractivity contribution < 1.29 is 9.21 Å². The van der Waals surface area contributed by atoms with E-state index in [-0.39, 0.29) is 29.5 Å². The van der Waals surface area contributed by atoms with Gasteiger partial charge in [0.05, 0.1) is 5.39 Å². The molecule has 6 nitrogen and oxygen atoms in total. The Bertz CT molecular complexity index is 1040. The summed E-state index contributed by atoms with van der Waals surface area (Å²) in [4.78, 5) is 33.3. The lowest BCUT2D eigenvalue weighted by Gasteiger charge is -2.34. The van der Waals surface area contributed by atoms with Crippen molar-refractivity contribution in [3.63, 3.8) is 0 Å². The molecule has 0 bridgehead atoms. The van der Waals surface area contributed by atoms with Crippen LogP contribution in [0.1, 0.15) is 21.7 Å². The van der Waals surface area contributed by atoms with Crippen molar-refractivity contribution in [1.29, 1.82) is 0 Å². The van der Waals surface area contributed by atoms with Crippen molar-refractivity contribution >= 4 is 29.3 Å². The summed E-state index contributed by atoms with van der Waals surface area (Å²) in [5, 5.41) is 0.512. The molecule has 0 unspecified atom stereocenters. The molecule has 0 N–H and O–H groups in total. The average Bonchev–Trinajstić information content (AvgIpc) is 2.73. The highest BCUT2D eigenvalue weighted by molar-refractivity contribution is 5.93. The summed E-state index contributed by atoms with van der Waals surface area (Å²) in [5.41, 5.74) is 2.53. The minimum Gasteiger partial charge on any atom is -0.451 e. The maximum Gasteiger partial charge on any atom is 0.289 e. The summed E-state index contributed by atoms with van der Waals surface area (Å²) in [6.07, 6.45) is 4.59. The van der Waals surface area contributed by atoms with Crippen LogP contribution in [0.15, 0.2) is 58.0 Å². The molecule has 152 valence electrons. The van der Waals surface area contributed by atoms with Gasteiger partial charge in [-0.3, -0.25) is 19.5 Å². The maximum absolute atomic E-state index is 12.8. The SMILES string of the molecule is Cc1ccc2oc(C(=O)N3CCN(CCc4ccncc4)CC3)cc(=O)c2c1.Cl. The van der Waals surface area contributed by atoms with Gasteiger partial charge < -0.3 is 9.32 Å². The third kappa shape index (κ3) is 4.83. The summed E-state index contributed by atoms with van der Waals surface area (Å²) in [7, 11) is 0. The molecule has 2 aromatic heterocycles. The number of halogens is 1. The molecule has 4 rings (SSSR count). The molecule has 1 aliphatic rings. The van der Waals surface area contributed by atoms with Gasteiger partial charge in [-0.1, -0.05) is 11.6 Å². The summed E-state index contributed by atoms with van der Waals surface area (Å²) in [5.74, 6) is -0.0973. The van der Waals surface area contributed by atoms with Crippen molar-refractivity contribution in [3.8, 4) is 0 Å². The molecule has 1 aromatic carbocycles. The zero-order valence-corrected chi connectivity index (χ0v) is 17.2. The van der Waals surface area contributed by atoms with E-state index in [0.29, 0.717) is 24.1 Å². The number of carbonyl (C=O) groups is 1. The fourth-order valence-corrected chi connectivity index (χ4v) is 3.54. The Balaban J connectivity index is 0.00000240. The van der Waals surface area contributed by atoms with E-state index in [9.17, 15) is 9.59 Å². The van der Waals surface area contributed by atoms with Crippen molar-refractivity contribution in [1.82, 2.24) is 14.8 Å². The highest BCUT2D eigenvalue weighted by Crippen LogP contribution is 2.16. The number of benzene rings is 1. The van der Waals surface area contributed by atoms with Crippen molar-refractivity contribution in [2.24, 2.45) is 0 Å². The largest absolute Gasteiger partial charge is 0.451 e. The standard InChI is InChI=1S/C22H23N3O3.ClH/c1-16-2-3-20-18(14-16)19(26)15-21(28-20)22(27)25-12-10-24(11-13-25)9-6-17-4-7-23-8-5-17;/h2-5,7-8,14-15H,6,9-13H2,1H3;1H. The predicted octanol–water partition coefficient (Wildman–Crippen LogP) is 2.92. The Morgan fingerprint density at radius 1 is 1.07 bits per heavy atom. The Kier molecular flexibility index (Phi) is 6.67. The van der Waals surface area contributed by atoms with Crippen LogP contribution in [0.4, 0.5) is 0 Å². The Morgan fingerprint density at radius 3 is 2.52 bits per heavy atom. The van der Waals surface area contributed by atoms with Gasteiger partial charge in [0, 0.05) is 51.2 Å². The number of fused-ring (bicyclic) bond motifs is 1. The van der Waals surface area contributed by atoms with Crippen LogP contribution in [0.3, 0.4) is 0 Å². The van der Waals surface area contributed by atoms with Gasteiger partial charge >= 0.3 is 0 Å². The van der Waals surface area contributed by atoms with E-state index in [1.54, 1.807) is 17.0 Å². The summed E-state index contributed by atoms with van der Waals surface area (Å²) in [6.45, 7) is 5.76. The van der Waals surface area contributed by atoms with Gasteiger partial charge in [-0.25, -0.2) is 0 Å². The third-order valence-electron chi connectivity index (χ3n) is 5.22. The molecule has 29 heavy (non-hydrogen) atoms. The quantitative estimate of drug-likeness (QED) is 0.658. The van der Waals surface area contributed by atoms with Crippen LogP contribution in [0.25, 0.3) is 11.0 Å². The van der Waals surface area contributed by atoms with Crippen LogP contribution in [0.5, 0.6) is 0 Å². The van der Waals surface area contributed by atoms with Gasteiger partial charge in [0.25, 0.3) is 5.91 Å². The number of hydrogen-bond acceptors (Lipinski definition) is 5. The van der Waals surface area contributed by atoms with Gasteiger partial charge in [-0.05, 0) is 43.2 Å². The van der Waals surface area contributed by atoms with Crippen LogP contribution in [0, 0.1) is 6.92 Å². The van der Waals surface area contributed by atoms with Crippen LogP contribution < -0.4 is 5.43 Å². The van der Waals surface area contributed by atoms with Crippen LogP contribution in [-0.2, 0) is 6.42 Å². The fraction of sp³-hybridized carbons (Fsp3) is 0.318. The van der Waals surface area contributed by atoms with E-state index in [1.807, 2.05) is 37.5 Å². The lowest BCUT2D eigenvalue weighted by Crippen LogP contribution is -2.49. The highest BCUT2D eigenvalue weighted by atomic mass is 35.5. The number of piperazine rings is 1. The molecule has 1 amide bonds. The van der Waals surface area contributed by atoms with Gasteiger partial charge in [0.1, 0.15) is 5.58 Å². The first kappa shape index (κ1) is 21.0. The molecule has 0 radical (unpaired) electrons. The van der Waals surface area contributed by atoms with Crippen LogP contribution in [-0.4, -0.2) is 53.4 Å². The molecule has 1 fully saturated rings. The number of hydrogen-bond donors (Lipinski definition) is 0. The van der Waals surface area contributed by atoms with E-state index < -0.39 is 0 Å². The normalized spacial score (nSPS) is 14.6. The topological polar surface area (TPSA) is 66.7 Å². The molecule has 0 atom stereocenters. The second-order valence-corrected chi connectivity index (χ2v) is 7.21. The van der Waals surface area contributed by atoms with E-state index in [4.69, 9.17) is 4.42 Å². The first-order chi connectivity index (χ1) is 13.6. The number of aromatic nitrogens is 1. The highest BCUT2D eigenvalue weighted by Gasteiger charge is 2.24. The lowest BCUT2D eigenvalue weighted by molar-refractivity contribution is 0.0608. The molecule has 3 aromatic rings. The van der Waals surface area contributed by atoms with E-state index in [2.05, 4.69) is 9.88 Å². The summed E-state index contributed by atoms with van der Waals surface area (Å²) < 4.78 is 5.73. The number of nitrogens with zero attached hydrogens (tertiary/aromatic N) is 3. The second kappa shape index (κ2) is 9.20. The Morgan fingerprint density at radius 2 is 1.79 bits per heavy atom. The first-order valence-electron chi connectivity index (χ1n) is 9.55. The molecular weight excluding hydrogens is 390 g/mol. The monoisotopic (exact) mass is 413 g/mol. The molecule has 1 aliphatic heterocycles. The molecule has 0 saturated carbocycles. The number of pyridine rings is 1. The molecule has 0 spiro atoms. The lowest BCUT2D eigenvalue weighted by atomic mass is 10.1. The van der Waals surface area contributed by atoms with Gasteiger partial charge in [-0.15, -0.1) is 12.4 Å². The van der Waals surface area contributed by atoms with Crippen molar-refractivity contribution in [2.45, 2.75) is 13.3 Å². The van der Waals surface area contributed by atoms with Crippen molar-refractivity contribution in [3.05, 3.63) is 75.9 Å². The van der Waals surface area contributed by atoms with Crippen molar-refractivity contribution in [2.75, 3.05) is 32.7 Å². The smallest absolute Gasteiger partial charge is 0.289 e. The molecular formula is C22H24ClN3O3. The summed E-state index contributed by atoms with van der Waals surface area (Å²) >= 11 is 0. The van der Waals surface area contributed by atoms with E-state index in [1.165, 1.54) is 11.6 Å². The van der Waals surface area contributed by atoms with E-state index >= 15 is 0 Å². The van der Waals surface area contributed by atoms with Crippen LogP contribution in [0.2, 0.25) is 0 Å². The molecule has 3 heterocycles. The van der Waals surface area contributed by atoms with Gasteiger partial charge in [-0.2, -0.15) is 0 Å². The van der Waals surface area contributed by atoms with Crippen LogP contribution >= 0.6 is 12.4 Å². The second-order valence-electron chi connectivity index (χ2n) is 7.21. The summed E-state index contributed by atoms with van der Waals surface area (Å²) in [6, 6.07) is 10.8. The number of aryl methyl sites for hydroxylation is 1. The number of amides is 1. The fourth-order valence-electron chi connectivity index (χ4n) is 3.54. The number of rotatable bonds is 4. The Hall–Kier alpha value is -2.70. The zero-order valence-electron chi connectivity index (χ0n) is 16.3. The minimum atomic E-state index is -0.214. The average molecular weight is 414 g/mol. The predicted molar refractivity (Wildman–Crippen MR) is 115 cm³/mol. The minimum absolute atomic E-state index is 0. The number of carbonyl (C=O) groups excluding carboxylic acids is 1.